The minimum atomic E-state index is -0.990. The number of carbonyl (C=O) groups excluding carboxylic acids is 2. The maximum absolute atomic E-state index is 11.1. The highest BCUT2D eigenvalue weighted by atomic mass is 16.4. The maximum Gasteiger partial charge on any atom is 0.335 e. The van der Waals surface area contributed by atoms with Gasteiger partial charge in [-0.15, -0.1) is 0 Å². The third kappa shape index (κ3) is 6.93. The molecule has 174 valence electrons. The lowest BCUT2D eigenvalue weighted by atomic mass is 10.0. The second-order valence-corrected chi connectivity index (χ2v) is 7.91. The number of hydrogen-bond donors (Lipinski definition) is 1. The minimum absolute atomic E-state index is 0.197. The summed E-state index contributed by atoms with van der Waals surface area (Å²) in [6.45, 7) is 0. The van der Waals surface area contributed by atoms with Crippen molar-refractivity contribution in [2.75, 3.05) is 0 Å². The van der Waals surface area contributed by atoms with Crippen LogP contribution in [0.2, 0.25) is 0 Å². The van der Waals surface area contributed by atoms with Gasteiger partial charge < -0.3 is 5.11 Å². The van der Waals surface area contributed by atoms with Crippen LogP contribution in [0.25, 0.3) is 0 Å². The molecule has 0 bridgehead atoms. The van der Waals surface area contributed by atoms with E-state index in [-0.39, 0.29) is 5.56 Å². The van der Waals surface area contributed by atoms with Gasteiger partial charge in [0.2, 0.25) is 0 Å². The molecule has 4 aromatic carbocycles. The van der Waals surface area contributed by atoms with E-state index in [0.717, 1.165) is 23.7 Å². The molecule has 0 saturated heterocycles. The molecule has 0 saturated carbocycles. The van der Waals surface area contributed by atoms with Crippen molar-refractivity contribution < 1.29 is 19.5 Å². The fourth-order valence-corrected chi connectivity index (χ4v) is 3.26. The predicted octanol–water partition coefficient (Wildman–Crippen LogP) is 5.21. The zero-order valence-corrected chi connectivity index (χ0v) is 19.5. The fraction of sp³-hybridized carbons (Fsp3) is 0. The Balaban J connectivity index is 1.69. The number of carboxylic acids is 1. The number of rotatable bonds is 3. The molecule has 4 rings (SSSR count). The third-order valence-corrected chi connectivity index (χ3v) is 5.21. The molecule has 37 heavy (non-hydrogen) atoms. The van der Waals surface area contributed by atoms with Crippen molar-refractivity contribution >= 4 is 18.5 Å². The predicted molar refractivity (Wildman–Crippen MR) is 141 cm³/mol. The molecule has 0 aliphatic carbocycles. The molecule has 0 spiro atoms. The van der Waals surface area contributed by atoms with Gasteiger partial charge in [0, 0.05) is 44.5 Å². The summed E-state index contributed by atoms with van der Waals surface area (Å²) in [5, 5.41) is 9.07. The molecular weight excluding hydrogens is 460 g/mol. The molecule has 0 amide bonds. The summed E-state index contributed by atoms with van der Waals surface area (Å²) in [5.41, 5.74) is 5.71. The van der Waals surface area contributed by atoms with Crippen LogP contribution in [-0.4, -0.2) is 23.6 Å². The Morgan fingerprint density at radius 1 is 0.486 bits per heavy atom. The largest absolute Gasteiger partial charge is 0.478 e. The van der Waals surface area contributed by atoms with Gasteiger partial charge in [-0.25, -0.2) is 4.79 Å². The number of carboxylic acid groups (broad SMARTS) is 1. The molecule has 0 heterocycles. The van der Waals surface area contributed by atoms with Crippen LogP contribution in [0.3, 0.4) is 0 Å². The molecule has 0 aliphatic heterocycles. The van der Waals surface area contributed by atoms with Crippen molar-refractivity contribution in [1.29, 1.82) is 0 Å². The summed E-state index contributed by atoms with van der Waals surface area (Å²) in [7, 11) is 0. The van der Waals surface area contributed by atoms with Gasteiger partial charge in [-0.05, 0) is 66.7 Å². The summed E-state index contributed by atoms with van der Waals surface area (Å²) < 4.78 is 0. The van der Waals surface area contributed by atoms with Gasteiger partial charge >= 0.3 is 5.97 Å². The van der Waals surface area contributed by atoms with E-state index in [4.69, 9.17) is 5.11 Å². The van der Waals surface area contributed by atoms with Crippen LogP contribution in [-0.2, 0) is 0 Å². The number of carbonyl (C=O) groups is 3. The van der Waals surface area contributed by atoms with Gasteiger partial charge in [0.05, 0.1) is 5.56 Å². The maximum atomic E-state index is 11.1. The summed E-state index contributed by atoms with van der Waals surface area (Å²) in [5.74, 6) is 17.6. The van der Waals surface area contributed by atoms with Crippen molar-refractivity contribution in [3.05, 3.63) is 141 Å². The first-order valence-corrected chi connectivity index (χ1v) is 11.2. The Hall–Kier alpha value is -5.63. The lowest BCUT2D eigenvalue weighted by Crippen LogP contribution is -1.94. The van der Waals surface area contributed by atoms with Crippen molar-refractivity contribution in [2.24, 2.45) is 0 Å². The van der Waals surface area contributed by atoms with E-state index < -0.39 is 5.97 Å². The highest BCUT2D eigenvalue weighted by Gasteiger charge is 2.01. The highest BCUT2D eigenvalue weighted by molar-refractivity contribution is 5.87. The third-order valence-electron chi connectivity index (χ3n) is 5.21. The molecular formula is C33H18O4. The van der Waals surface area contributed by atoms with E-state index in [1.165, 1.54) is 12.1 Å². The van der Waals surface area contributed by atoms with Crippen LogP contribution < -0.4 is 0 Å². The first-order chi connectivity index (χ1) is 18.0. The van der Waals surface area contributed by atoms with Gasteiger partial charge in [-0.3, -0.25) is 9.59 Å². The minimum Gasteiger partial charge on any atom is -0.478 e. The first kappa shape index (κ1) is 24.5. The molecule has 4 aromatic rings. The molecule has 0 aliphatic rings. The lowest BCUT2D eigenvalue weighted by Gasteiger charge is -1.98. The molecule has 0 fully saturated rings. The topological polar surface area (TPSA) is 71.4 Å². The van der Waals surface area contributed by atoms with Crippen LogP contribution in [0.4, 0.5) is 0 Å². The van der Waals surface area contributed by atoms with E-state index in [0.29, 0.717) is 33.4 Å². The number of hydrogen-bond acceptors (Lipinski definition) is 3. The van der Waals surface area contributed by atoms with Gasteiger partial charge in [0.15, 0.2) is 0 Å². The van der Waals surface area contributed by atoms with Gasteiger partial charge in [0.1, 0.15) is 12.6 Å². The van der Waals surface area contributed by atoms with Crippen molar-refractivity contribution in [3.63, 3.8) is 0 Å². The Kier molecular flexibility index (Phi) is 7.73. The van der Waals surface area contributed by atoms with Crippen LogP contribution in [0.1, 0.15) is 64.5 Å². The van der Waals surface area contributed by atoms with E-state index >= 15 is 0 Å². The Bertz CT molecular complexity index is 1570. The summed E-state index contributed by atoms with van der Waals surface area (Å²) in [6.07, 6.45) is 1.57. The second kappa shape index (κ2) is 11.7. The number of benzene rings is 4. The molecule has 4 heteroatoms. The number of aldehydes is 2. The average Bonchev–Trinajstić information content (AvgIpc) is 2.94. The Morgan fingerprint density at radius 2 is 0.784 bits per heavy atom. The highest BCUT2D eigenvalue weighted by Crippen LogP contribution is 2.11. The Morgan fingerprint density at radius 3 is 1.08 bits per heavy atom. The summed E-state index contributed by atoms with van der Waals surface area (Å²) in [4.78, 5) is 32.8. The Labute approximate surface area is 214 Å². The normalized spacial score (nSPS) is 9.41. The van der Waals surface area contributed by atoms with Crippen molar-refractivity contribution in [3.8, 4) is 35.5 Å². The van der Waals surface area contributed by atoms with E-state index in [9.17, 15) is 14.4 Å². The summed E-state index contributed by atoms with van der Waals surface area (Å²) >= 11 is 0. The zero-order valence-electron chi connectivity index (χ0n) is 19.5. The van der Waals surface area contributed by atoms with E-state index in [1.54, 1.807) is 60.7 Å². The second-order valence-electron chi connectivity index (χ2n) is 7.91. The summed E-state index contributed by atoms with van der Waals surface area (Å²) in [6, 6.07) is 25.9. The van der Waals surface area contributed by atoms with Crippen molar-refractivity contribution in [1.82, 2.24) is 0 Å². The van der Waals surface area contributed by atoms with Crippen LogP contribution in [0.5, 0.6) is 0 Å². The standard InChI is InChI=1S/C33H18O4/c34-22-27-8-1-24(2-9-27)5-12-29-19-30(13-6-25-3-10-28(23-35)11-4-25)21-31(20-29)14-7-26-15-17-32(18-16-26)33(36)37/h1-4,8-11,15-23H,(H,36,37). The van der Waals surface area contributed by atoms with Gasteiger partial charge in [-0.1, -0.05) is 59.8 Å². The smallest absolute Gasteiger partial charge is 0.335 e. The zero-order chi connectivity index (χ0) is 26.0. The molecule has 0 aromatic heterocycles. The van der Waals surface area contributed by atoms with Crippen LogP contribution in [0, 0.1) is 35.5 Å². The molecule has 0 radical (unpaired) electrons. The van der Waals surface area contributed by atoms with Gasteiger partial charge in [-0.2, -0.15) is 0 Å². The quantitative estimate of drug-likeness (QED) is 0.324. The molecule has 0 unspecified atom stereocenters. The molecule has 0 atom stereocenters. The van der Waals surface area contributed by atoms with E-state index in [2.05, 4.69) is 35.5 Å². The number of aromatic carboxylic acids is 1. The van der Waals surface area contributed by atoms with Crippen LogP contribution in [0.15, 0.2) is 91.0 Å². The van der Waals surface area contributed by atoms with Crippen molar-refractivity contribution in [2.45, 2.75) is 0 Å². The lowest BCUT2D eigenvalue weighted by molar-refractivity contribution is 0.0696. The molecule has 1 N–H and O–H groups in total. The van der Waals surface area contributed by atoms with Crippen LogP contribution >= 0.6 is 0 Å². The monoisotopic (exact) mass is 478 g/mol. The first-order valence-electron chi connectivity index (χ1n) is 11.2. The van der Waals surface area contributed by atoms with Gasteiger partial charge in [0.25, 0.3) is 0 Å². The van der Waals surface area contributed by atoms with E-state index in [1.807, 2.05) is 18.2 Å². The average molecular weight is 479 g/mol. The molecule has 4 nitrogen and oxygen atoms in total. The fourth-order valence-electron chi connectivity index (χ4n) is 3.26. The SMILES string of the molecule is O=Cc1ccc(C#Cc2cc(C#Cc3ccc(C=O)cc3)cc(C#Cc3ccc(C(=O)O)cc3)c2)cc1.